The van der Waals surface area contributed by atoms with Gasteiger partial charge >= 0.3 is 5.97 Å². The smallest absolute Gasteiger partial charge is 0.311 e. The molecule has 21 heavy (non-hydrogen) atoms. The monoisotopic (exact) mass is 299 g/mol. The standard InChI is InChI=1S/C15H19F2NO3/c1-14(2,13(20)21)15(3,4)18-12(19)8-9-10(16)6-5-7-11(9)17/h5-7H,8H2,1-4H3,(H,18,19)(H,20,21). The normalized spacial score (nSPS) is 12.1. The van der Waals surface area contributed by atoms with Crippen molar-refractivity contribution in [3.05, 3.63) is 35.4 Å². The van der Waals surface area contributed by atoms with Gasteiger partial charge in [0.15, 0.2) is 0 Å². The Morgan fingerprint density at radius 1 is 1.14 bits per heavy atom. The molecule has 0 bridgehead atoms. The van der Waals surface area contributed by atoms with Crippen molar-refractivity contribution in [3.63, 3.8) is 0 Å². The van der Waals surface area contributed by atoms with Crippen molar-refractivity contribution in [2.45, 2.75) is 39.7 Å². The lowest BCUT2D eigenvalue weighted by Gasteiger charge is -2.38. The van der Waals surface area contributed by atoms with Crippen LogP contribution in [0.4, 0.5) is 8.78 Å². The molecule has 4 nitrogen and oxygen atoms in total. The topological polar surface area (TPSA) is 66.4 Å². The van der Waals surface area contributed by atoms with Crippen LogP contribution in [0.3, 0.4) is 0 Å². The minimum atomic E-state index is -1.24. The number of rotatable bonds is 5. The number of amides is 1. The average molecular weight is 299 g/mol. The molecule has 1 amide bonds. The minimum Gasteiger partial charge on any atom is -0.481 e. The van der Waals surface area contributed by atoms with E-state index in [-0.39, 0.29) is 5.56 Å². The Morgan fingerprint density at radius 2 is 1.62 bits per heavy atom. The molecule has 0 fully saturated rings. The van der Waals surface area contributed by atoms with Gasteiger partial charge in [-0.15, -0.1) is 0 Å². The van der Waals surface area contributed by atoms with Gasteiger partial charge in [-0.05, 0) is 39.8 Å². The van der Waals surface area contributed by atoms with Crippen LogP contribution in [0.1, 0.15) is 33.3 Å². The summed E-state index contributed by atoms with van der Waals surface area (Å²) in [5, 5.41) is 11.7. The first-order valence-corrected chi connectivity index (χ1v) is 6.46. The molecule has 0 spiro atoms. The second kappa shape index (κ2) is 5.79. The van der Waals surface area contributed by atoms with Gasteiger partial charge in [-0.1, -0.05) is 6.07 Å². The van der Waals surface area contributed by atoms with Crippen molar-refractivity contribution >= 4 is 11.9 Å². The Bertz CT molecular complexity index is 548. The number of nitrogens with one attached hydrogen (secondary N) is 1. The van der Waals surface area contributed by atoms with E-state index in [0.29, 0.717) is 0 Å². The van der Waals surface area contributed by atoms with Crippen LogP contribution < -0.4 is 5.32 Å². The van der Waals surface area contributed by atoms with Crippen LogP contribution in [0, 0.1) is 17.0 Å². The zero-order valence-corrected chi connectivity index (χ0v) is 12.5. The minimum absolute atomic E-state index is 0.334. The highest BCUT2D eigenvalue weighted by Crippen LogP contribution is 2.30. The Kier molecular flexibility index (Phi) is 4.71. The lowest BCUT2D eigenvalue weighted by atomic mass is 9.74. The maximum Gasteiger partial charge on any atom is 0.311 e. The van der Waals surface area contributed by atoms with Crippen LogP contribution in [0.2, 0.25) is 0 Å². The summed E-state index contributed by atoms with van der Waals surface area (Å²) in [6.45, 7) is 6.05. The molecular formula is C15H19F2NO3. The molecule has 6 heteroatoms. The highest BCUT2D eigenvalue weighted by molar-refractivity contribution is 5.82. The number of hydrogen-bond acceptors (Lipinski definition) is 2. The van der Waals surface area contributed by atoms with Gasteiger partial charge in [0.2, 0.25) is 5.91 Å². The molecule has 0 radical (unpaired) electrons. The van der Waals surface area contributed by atoms with E-state index in [0.717, 1.165) is 12.1 Å². The lowest BCUT2D eigenvalue weighted by molar-refractivity contribution is -0.151. The molecule has 0 aliphatic rings. The number of halogens is 2. The van der Waals surface area contributed by atoms with E-state index in [9.17, 15) is 23.5 Å². The van der Waals surface area contributed by atoms with E-state index >= 15 is 0 Å². The molecule has 0 aromatic heterocycles. The van der Waals surface area contributed by atoms with Gasteiger partial charge < -0.3 is 10.4 Å². The van der Waals surface area contributed by atoms with Gasteiger partial charge in [-0.3, -0.25) is 9.59 Å². The summed E-state index contributed by atoms with van der Waals surface area (Å²) in [5.41, 5.74) is -2.66. The first-order chi connectivity index (χ1) is 9.49. The number of hydrogen-bond donors (Lipinski definition) is 2. The molecule has 0 aliphatic heterocycles. The molecule has 0 heterocycles. The van der Waals surface area contributed by atoms with Crippen LogP contribution in [0.25, 0.3) is 0 Å². The summed E-state index contributed by atoms with van der Waals surface area (Å²) in [5.74, 6) is -3.33. The number of benzene rings is 1. The molecule has 1 aromatic carbocycles. The van der Waals surface area contributed by atoms with E-state index in [1.165, 1.54) is 19.9 Å². The fourth-order valence-corrected chi connectivity index (χ4v) is 1.68. The first-order valence-electron chi connectivity index (χ1n) is 6.46. The SMILES string of the molecule is CC(C)(NC(=O)Cc1c(F)cccc1F)C(C)(C)C(=O)O. The van der Waals surface area contributed by atoms with Crippen molar-refractivity contribution in [1.82, 2.24) is 5.32 Å². The van der Waals surface area contributed by atoms with Crippen LogP contribution in [-0.2, 0) is 16.0 Å². The molecule has 0 saturated carbocycles. The second-order valence-electron chi connectivity index (χ2n) is 5.98. The summed E-state index contributed by atoms with van der Waals surface area (Å²) in [4.78, 5) is 23.2. The maximum atomic E-state index is 13.5. The molecule has 0 saturated heterocycles. The van der Waals surface area contributed by atoms with E-state index in [2.05, 4.69) is 5.32 Å². The Labute approximate surface area is 122 Å². The maximum absolute atomic E-state index is 13.5. The highest BCUT2D eigenvalue weighted by Gasteiger charge is 2.44. The summed E-state index contributed by atoms with van der Waals surface area (Å²) >= 11 is 0. The average Bonchev–Trinajstić information content (AvgIpc) is 2.33. The molecule has 0 aliphatic carbocycles. The Balaban J connectivity index is 2.90. The van der Waals surface area contributed by atoms with Crippen LogP contribution in [0.5, 0.6) is 0 Å². The summed E-state index contributed by atoms with van der Waals surface area (Å²) < 4.78 is 27.0. The predicted molar refractivity (Wildman–Crippen MR) is 73.7 cm³/mol. The number of carbonyl (C=O) groups is 2. The van der Waals surface area contributed by atoms with Crippen molar-refractivity contribution in [2.75, 3.05) is 0 Å². The van der Waals surface area contributed by atoms with Gasteiger partial charge in [0, 0.05) is 11.1 Å². The Hall–Kier alpha value is -1.98. The summed E-state index contributed by atoms with van der Waals surface area (Å²) in [7, 11) is 0. The predicted octanol–water partition coefficient (Wildman–Crippen LogP) is 2.51. The van der Waals surface area contributed by atoms with Crippen LogP contribution in [0.15, 0.2) is 18.2 Å². The molecular weight excluding hydrogens is 280 g/mol. The van der Waals surface area contributed by atoms with E-state index in [4.69, 9.17) is 0 Å². The van der Waals surface area contributed by atoms with Crippen molar-refractivity contribution < 1.29 is 23.5 Å². The fourth-order valence-electron chi connectivity index (χ4n) is 1.68. The number of carbonyl (C=O) groups excluding carboxylic acids is 1. The third-order valence-electron chi connectivity index (χ3n) is 3.95. The molecule has 1 rings (SSSR count). The zero-order valence-electron chi connectivity index (χ0n) is 12.5. The number of carboxylic acid groups (broad SMARTS) is 1. The molecule has 1 aromatic rings. The lowest BCUT2D eigenvalue weighted by Crippen LogP contribution is -2.57. The fraction of sp³-hybridized carbons (Fsp3) is 0.467. The van der Waals surface area contributed by atoms with Crippen LogP contribution >= 0.6 is 0 Å². The van der Waals surface area contributed by atoms with Crippen molar-refractivity contribution in [2.24, 2.45) is 5.41 Å². The van der Waals surface area contributed by atoms with E-state index in [1.54, 1.807) is 13.8 Å². The number of aliphatic carboxylic acids is 1. The molecule has 0 atom stereocenters. The Morgan fingerprint density at radius 3 is 2.05 bits per heavy atom. The highest BCUT2D eigenvalue weighted by atomic mass is 19.1. The van der Waals surface area contributed by atoms with E-state index in [1.807, 2.05) is 0 Å². The molecule has 0 unspecified atom stereocenters. The summed E-state index contributed by atoms with van der Waals surface area (Å²) in [6.07, 6.45) is -0.488. The largest absolute Gasteiger partial charge is 0.481 e. The zero-order chi connectivity index (χ0) is 16.4. The first kappa shape index (κ1) is 17.1. The van der Waals surface area contributed by atoms with Gasteiger partial charge in [0.05, 0.1) is 11.8 Å². The van der Waals surface area contributed by atoms with Crippen LogP contribution in [-0.4, -0.2) is 22.5 Å². The van der Waals surface area contributed by atoms with Gasteiger partial charge in [-0.25, -0.2) is 8.78 Å². The molecule has 2 N–H and O–H groups in total. The second-order valence-corrected chi connectivity index (χ2v) is 5.98. The number of carboxylic acids is 1. The van der Waals surface area contributed by atoms with E-state index < -0.39 is 40.9 Å². The van der Waals surface area contributed by atoms with Gasteiger partial charge in [0.1, 0.15) is 11.6 Å². The van der Waals surface area contributed by atoms with Crippen molar-refractivity contribution in [3.8, 4) is 0 Å². The van der Waals surface area contributed by atoms with Gasteiger partial charge in [-0.2, -0.15) is 0 Å². The molecule has 116 valence electrons. The van der Waals surface area contributed by atoms with Crippen molar-refractivity contribution in [1.29, 1.82) is 0 Å². The third kappa shape index (κ3) is 3.56. The van der Waals surface area contributed by atoms with Gasteiger partial charge in [0.25, 0.3) is 0 Å². The quantitative estimate of drug-likeness (QED) is 0.878. The third-order valence-corrected chi connectivity index (χ3v) is 3.95. The summed E-state index contributed by atoms with van der Waals surface area (Å²) in [6, 6.07) is 3.35.